The largest absolute Gasteiger partial charge is 1.00 e. The molecule has 0 bridgehead atoms. The molecule has 1 unspecified atom stereocenters. The Morgan fingerprint density at radius 3 is 2.20 bits per heavy atom. The van der Waals surface area contributed by atoms with Gasteiger partial charge >= 0.3 is 59.1 Å². The number of carboxylic acid groups (broad SMARTS) is 1. The van der Waals surface area contributed by atoms with E-state index in [0.29, 0.717) is 0 Å². The van der Waals surface area contributed by atoms with Gasteiger partial charge in [0.2, 0.25) is 0 Å². The molecule has 1 aromatic carbocycles. The fourth-order valence-electron chi connectivity index (χ4n) is 1.46. The summed E-state index contributed by atoms with van der Waals surface area (Å²) in [6, 6.07) is 8.73. The van der Waals surface area contributed by atoms with E-state index in [1.54, 1.807) is 30.3 Å². The normalized spacial score (nSPS) is 11.8. The molecule has 0 amide bonds. The van der Waals surface area contributed by atoms with Gasteiger partial charge in [0, 0.05) is 0 Å². The first kappa shape index (κ1) is 22.8. The third kappa shape index (κ3) is 11.2. The maximum Gasteiger partial charge on any atom is 1.00 e. The SMILES string of the molecule is O=C([O-])COC(Cc1ccccc1)CS(=O)(=O)[O-].[Na+].[Na+]. The fourth-order valence-corrected chi connectivity index (χ4v) is 2.13. The summed E-state index contributed by atoms with van der Waals surface area (Å²) < 4.78 is 36.9. The molecule has 100 valence electrons. The van der Waals surface area contributed by atoms with Gasteiger partial charge in [-0.05, 0) is 12.0 Å². The Morgan fingerprint density at radius 2 is 1.75 bits per heavy atom. The Labute approximate surface area is 162 Å². The van der Waals surface area contributed by atoms with Crippen molar-refractivity contribution in [2.45, 2.75) is 12.5 Å². The number of hydrogen-bond donors (Lipinski definition) is 0. The van der Waals surface area contributed by atoms with Crippen LogP contribution in [0.25, 0.3) is 0 Å². The van der Waals surface area contributed by atoms with Crippen LogP contribution in [0, 0.1) is 0 Å². The van der Waals surface area contributed by atoms with E-state index in [1.165, 1.54) is 0 Å². The Kier molecular flexibility index (Phi) is 12.8. The molecule has 6 nitrogen and oxygen atoms in total. The van der Waals surface area contributed by atoms with Crippen molar-refractivity contribution < 1.29 is 86.7 Å². The van der Waals surface area contributed by atoms with Crippen LogP contribution in [-0.2, 0) is 26.1 Å². The number of benzene rings is 1. The number of aliphatic carboxylic acids is 1. The molecule has 9 heteroatoms. The van der Waals surface area contributed by atoms with Crippen LogP contribution >= 0.6 is 0 Å². The summed E-state index contributed by atoms with van der Waals surface area (Å²) in [6.45, 7) is -0.743. The molecule has 0 fully saturated rings. The molecule has 0 aliphatic rings. The van der Waals surface area contributed by atoms with Crippen molar-refractivity contribution in [3.8, 4) is 0 Å². The molecule has 20 heavy (non-hydrogen) atoms. The molecule has 0 N–H and O–H groups in total. The van der Waals surface area contributed by atoms with E-state index in [-0.39, 0.29) is 65.5 Å². The molecule has 1 atom stereocenters. The van der Waals surface area contributed by atoms with Gasteiger partial charge in [-0.25, -0.2) is 8.42 Å². The number of ether oxygens (including phenoxy) is 1. The molecule has 0 saturated carbocycles. The van der Waals surface area contributed by atoms with Crippen molar-refractivity contribution in [2.24, 2.45) is 0 Å². The van der Waals surface area contributed by atoms with E-state index in [2.05, 4.69) is 0 Å². The van der Waals surface area contributed by atoms with Gasteiger partial charge in [0.15, 0.2) is 0 Å². The van der Waals surface area contributed by atoms with Crippen LogP contribution in [0.1, 0.15) is 5.56 Å². The van der Waals surface area contributed by atoms with Gasteiger partial charge in [-0.3, -0.25) is 0 Å². The van der Waals surface area contributed by atoms with E-state index in [9.17, 15) is 22.9 Å². The topological polar surface area (TPSA) is 107 Å². The molecule has 0 radical (unpaired) electrons. The molecule has 1 aromatic rings. The van der Waals surface area contributed by atoms with Gasteiger partial charge in [0.1, 0.15) is 0 Å². The summed E-state index contributed by atoms with van der Waals surface area (Å²) in [7, 11) is -4.48. The summed E-state index contributed by atoms with van der Waals surface area (Å²) >= 11 is 0. The fraction of sp³-hybridized carbons (Fsp3) is 0.364. The average molecular weight is 318 g/mol. The standard InChI is InChI=1S/C11H14O6S.2Na/c12-11(13)7-17-10(8-18(14,15)16)6-9-4-2-1-3-5-9;;/h1-5,10H,6-8H2,(H,12,13)(H,14,15,16);;/q;2*+1/p-2. The van der Waals surface area contributed by atoms with E-state index in [0.717, 1.165) is 5.56 Å². The van der Waals surface area contributed by atoms with E-state index >= 15 is 0 Å². The van der Waals surface area contributed by atoms with Crippen LogP contribution < -0.4 is 64.2 Å². The van der Waals surface area contributed by atoms with Gasteiger partial charge in [-0.15, -0.1) is 0 Å². The number of carbonyl (C=O) groups excluding carboxylic acids is 1. The predicted octanol–water partition coefficient (Wildman–Crippen LogP) is -7.08. The predicted molar refractivity (Wildman–Crippen MR) is 59.5 cm³/mol. The molecule has 0 aliphatic heterocycles. The minimum atomic E-state index is -4.48. The van der Waals surface area contributed by atoms with Crippen LogP contribution in [-0.4, -0.2) is 37.4 Å². The smallest absolute Gasteiger partial charge is 0.748 e. The summed E-state index contributed by atoms with van der Waals surface area (Å²) in [6.07, 6.45) is -0.844. The molecule has 0 aliphatic carbocycles. The number of rotatable bonds is 7. The average Bonchev–Trinajstić information content (AvgIpc) is 2.25. The van der Waals surface area contributed by atoms with Crippen LogP contribution in [0.4, 0.5) is 0 Å². The first-order chi connectivity index (χ1) is 8.37. The number of carbonyl (C=O) groups is 1. The third-order valence-electron chi connectivity index (χ3n) is 2.13. The monoisotopic (exact) mass is 318 g/mol. The number of hydrogen-bond acceptors (Lipinski definition) is 6. The quantitative estimate of drug-likeness (QED) is 0.365. The molecule has 0 aromatic heterocycles. The van der Waals surface area contributed by atoms with E-state index in [4.69, 9.17) is 4.74 Å². The summed E-state index contributed by atoms with van der Waals surface area (Å²) in [5, 5.41) is 10.3. The van der Waals surface area contributed by atoms with Crippen molar-refractivity contribution in [1.82, 2.24) is 0 Å². The Balaban J connectivity index is 0. The molecular formula is C11H12Na2O6S. The number of carboxylic acids is 1. The summed E-state index contributed by atoms with van der Waals surface area (Å²) in [5.74, 6) is -2.23. The second kappa shape index (κ2) is 11.2. The first-order valence-corrected chi connectivity index (χ1v) is 6.73. The van der Waals surface area contributed by atoms with Gasteiger partial charge in [0.25, 0.3) is 0 Å². The van der Waals surface area contributed by atoms with Gasteiger partial charge in [-0.1, -0.05) is 30.3 Å². The van der Waals surface area contributed by atoms with Crippen molar-refractivity contribution in [2.75, 3.05) is 12.4 Å². The van der Waals surface area contributed by atoms with Crippen LogP contribution in [0.3, 0.4) is 0 Å². The molecule has 0 spiro atoms. The summed E-state index contributed by atoms with van der Waals surface area (Å²) in [5.41, 5.74) is 0.754. The van der Waals surface area contributed by atoms with Crippen molar-refractivity contribution >= 4 is 16.1 Å². The van der Waals surface area contributed by atoms with Crippen LogP contribution in [0.2, 0.25) is 0 Å². The van der Waals surface area contributed by atoms with Gasteiger partial charge in [-0.2, -0.15) is 0 Å². The van der Waals surface area contributed by atoms with Gasteiger partial charge < -0.3 is 19.2 Å². The maximum absolute atomic E-state index is 10.7. The van der Waals surface area contributed by atoms with Crippen molar-refractivity contribution in [3.05, 3.63) is 35.9 Å². The summed E-state index contributed by atoms with van der Waals surface area (Å²) in [4.78, 5) is 10.3. The first-order valence-electron chi connectivity index (χ1n) is 5.16. The maximum atomic E-state index is 10.7. The minimum absolute atomic E-state index is 0. The second-order valence-corrected chi connectivity index (χ2v) is 5.17. The third-order valence-corrected chi connectivity index (χ3v) is 2.91. The zero-order chi connectivity index (χ0) is 13.6. The Bertz CT molecular complexity index is 491. The van der Waals surface area contributed by atoms with Crippen molar-refractivity contribution in [3.63, 3.8) is 0 Å². The van der Waals surface area contributed by atoms with E-state index < -0.39 is 34.6 Å². The molecule has 0 heterocycles. The Hall–Kier alpha value is 0.560. The zero-order valence-corrected chi connectivity index (χ0v) is 16.3. The van der Waals surface area contributed by atoms with Gasteiger partial charge in [0.05, 0.1) is 34.6 Å². The second-order valence-electron chi connectivity index (χ2n) is 3.72. The van der Waals surface area contributed by atoms with Crippen molar-refractivity contribution in [1.29, 1.82) is 0 Å². The molecular weight excluding hydrogens is 306 g/mol. The molecule has 1 rings (SSSR count). The van der Waals surface area contributed by atoms with Crippen LogP contribution in [0.5, 0.6) is 0 Å². The van der Waals surface area contributed by atoms with E-state index in [1.807, 2.05) is 0 Å². The zero-order valence-electron chi connectivity index (χ0n) is 11.4. The minimum Gasteiger partial charge on any atom is -0.748 e. The van der Waals surface area contributed by atoms with Crippen LogP contribution in [0.15, 0.2) is 30.3 Å². The molecule has 0 saturated heterocycles. The Morgan fingerprint density at radius 1 is 1.20 bits per heavy atom.